The predicted octanol–water partition coefficient (Wildman–Crippen LogP) is 5.33. The van der Waals surface area contributed by atoms with E-state index in [-0.39, 0.29) is 5.57 Å². The Morgan fingerprint density at radius 1 is 0.892 bits per heavy atom. The fourth-order valence-electron chi connectivity index (χ4n) is 3.71. The van der Waals surface area contributed by atoms with Crippen molar-refractivity contribution in [3.8, 4) is 17.2 Å². The fourth-order valence-corrected chi connectivity index (χ4v) is 4.49. The van der Waals surface area contributed by atoms with Gasteiger partial charge in [0.1, 0.15) is 17.9 Å². The summed E-state index contributed by atoms with van der Waals surface area (Å²) < 4.78 is 17.9. The summed E-state index contributed by atoms with van der Waals surface area (Å²) >= 11 is 2.11. The van der Waals surface area contributed by atoms with Crippen molar-refractivity contribution in [2.75, 3.05) is 18.1 Å². The van der Waals surface area contributed by atoms with Crippen molar-refractivity contribution in [2.45, 2.75) is 20.5 Å². The van der Waals surface area contributed by atoms with Gasteiger partial charge in [-0.05, 0) is 90.0 Å². The molecule has 3 aromatic rings. The molecule has 0 atom stereocenters. The molecule has 37 heavy (non-hydrogen) atoms. The van der Waals surface area contributed by atoms with Gasteiger partial charge in [0.15, 0.2) is 11.5 Å². The maximum absolute atomic E-state index is 13.3. The monoisotopic (exact) mass is 612 g/mol. The van der Waals surface area contributed by atoms with Gasteiger partial charge in [-0.15, -0.1) is 0 Å². The predicted molar refractivity (Wildman–Crippen MR) is 148 cm³/mol. The molecule has 0 saturated carbocycles. The SMILES string of the molecule is CCOc1cc(/C=C2\C(=O)NC(=O)N(c3ccc(OCc4ccccc4)cc3)C2=O)cc(I)c1OCC. The van der Waals surface area contributed by atoms with E-state index < -0.39 is 17.8 Å². The Labute approximate surface area is 228 Å². The molecule has 0 spiro atoms. The average molecular weight is 612 g/mol. The van der Waals surface area contributed by atoms with Crippen molar-refractivity contribution in [3.63, 3.8) is 0 Å². The molecule has 9 heteroatoms. The van der Waals surface area contributed by atoms with Crippen molar-refractivity contribution in [1.82, 2.24) is 5.32 Å². The Hall–Kier alpha value is -3.86. The van der Waals surface area contributed by atoms with Crippen LogP contribution in [0, 0.1) is 3.57 Å². The standard InChI is InChI=1S/C28H25IN2O6/c1-3-35-24-16-19(15-23(29)25(24)36-4-2)14-22-26(32)30-28(34)31(27(22)33)20-10-12-21(13-11-20)37-17-18-8-6-5-7-9-18/h5-16H,3-4,17H2,1-2H3,(H,30,32,34)/b22-14+. The topological polar surface area (TPSA) is 94.2 Å². The lowest BCUT2D eigenvalue weighted by Gasteiger charge is -2.26. The molecule has 1 fully saturated rings. The van der Waals surface area contributed by atoms with E-state index in [1.54, 1.807) is 36.4 Å². The zero-order valence-electron chi connectivity index (χ0n) is 20.3. The number of hydrogen-bond donors (Lipinski definition) is 1. The molecule has 1 aliphatic heterocycles. The number of imide groups is 2. The van der Waals surface area contributed by atoms with Crippen LogP contribution in [0.3, 0.4) is 0 Å². The van der Waals surface area contributed by atoms with Crippen LogP contribution in [0.5, 0.6) is 17.2 Å². The third-order valence-electron chi connectivity index (χ3n) is 5.38. The molecular formula is C28H25IN2O6. The van der Waals surface area contributed by atoms with Crippen molar-refractivity contribution < 1.29 is 28.6 Å². The van der Waals surface area contributed by atoms with Crippen molar-refractivity contribution in [3.05, 3.63) is 87.0 Å². The van der Waals surface area contributed by atoms with E-state index in [9.17, 15) is 14.4 Å². The minimum Gasteiger partial charge on any atom is -0.490 e. The highest BCUT2D eigenvalue weighted by Gasteiger charge is 2.37. The Balaban J connectivity index is 1.58. The molecule has 1 N–H and O–H groups in total. The number of urea groups is 1. The Bertz CT molecular complexity index is 1340. The number of rotatable bonds is 9. The van der Waals surface area contributed by atoms with Gasteiger partial charge in [0.2, 0.25) is 0 Å². The first kappa shape index (κ1) is 26.2. The van der Waals surface area contributed by atoms with Gasteiger partial charge in [-0.1, -0.05) is 30.3 Å². The number of carbonyl (C=O) groups excluding carboxylic acids is 3. The van der Waals surface area contributed by atoms with Crippen molar-refractivity contribution >= 4 is 52.2 Å². The van der Waals surface area contributed by atoms with E-state index in [0.717, 1.165) is 14.0 Å². The Morgan fingerprint density at radius 3 is 2.27 bits per heavy atom. The lowest BCUT2D eigenvalue weighted by molar-refractivity contribution is -0.122. The zero-order chi connectivity index (χ0) is 26.4. The highest BCUT2D eigenvalue weighted by Crippen LogP contribution is 2.35. The second-order valence-corrected chi connectivity index (χ2v) is 9.08. The van der Waals surface area contributed by atoms with E-state index in [0.29, 0.717) is 48.3 Å². The number of nitrogens with one attached hydrogen (secondary N) is 1. The summed E-state index contributed by atoms with van der Waals surface area (Å²) in [5, 5.41) is 2.25. The number of hydrogen-bond acceptors (Lipinski definition) is 6. The van der Waals surface area contributed by atoms with E-state index in [4.69, 9.17) is 14.2 Å². The number of benzene rings is 3. The summed E-state index contributed by atoms with van der Waals surface area (Å²) in [6.07, 6.45) is 1.44. The molecule has 190 valence electrons. The lowest BCUT2D eigenvalue weighted by atomic mass is 10.1. The second-order valence-electron chi connectivity index (χ2n) is 7.92. The highest BCUT2D eigenvalue weighted by atomic mass is 127. The third-order valence-corrected chi connectivity index (χ3v) is 6.18. The molecular weight excluding hydrogens is 587 g/mol. The largest absolute Gasteiger partial charge is 0.490 e. The molecule has 0 aliphatic carbocycles. The van der Waals surface area contributed by atoms with Gasteiger partial charge in [0.05, 0.1) is 22.5 Å². The van der Waals surface area contributed by atoms with Gasteiger partial charge in [0.25, 0.3) is 11.8 Å². The maximum Gasteiger partial charge on any atom is 0.335 e. The number of carbonyl (C=O) groups is 3. The smallest absolute Gasteiger partial charge is 0.335 e. The molecule has 1 saturated heterocycles. The molecule has 0 bridgehead atoms. The minimum atomic E-state index is -0.818. The molecule has 4 amide bonds. The molecule has 0 radical (unpaired) electrons. The minimum absolute atomic E-state index is 0.175. The highest BCUT2D eigenvalue weighted by molar-refractivity contribution is 14.1. The van der Waals surface area contributed by atoms with Crippen LogP contribution in [0.1, 0.15) is 25.0 Å². The van der Waals surface area contributed by atoms with Gasteiger partial charge in [-0.2, -0.15) is 0 Å². The normalized spacial score (nSPS) is 14.5. The number of amides is 4. The lowest BCUT2D eigenvalue weighted by Crippen LogP contribution is -2.54. The fraction of sp³-hybridized carbons (Fsp3) is 0.179. The van der Waals surface area contributed by atoms with Crippen LogP contribution in [0.4, 0.5) is 10.5 Å². The van der Waals surface area contributed by atoms with Crippen molar-refractivity contribution in [2.24, 2.45) is 0 Å². The summed E-state index contributed by atoms with van der Waals surface area (Å²) in [5.41, 5.74) is 1.71. The van der Waals surface area contributed by atoms with Crippen molar-refractivity contribution in [1.29, 1.82) is 0 Å². The van der Waals surface area contributed by atoms with Gasteiger partial charge in [-0.25, -0.2) is 9.69 Å². The quantitative estimate of drug-likeness (QED) is 0.200. The summed E-state index contributed by atoms with van der Waals surface area (Å²) in [4.78, 5) is 39.4. The average Bonchev–Trinajstić information content (AvgIpc) is 2.89. The van der Waals surface area contributed by atoms with E-state index in [1.807, 2.05) is 44.2 Å². The first-order valence-corrected chi connectivity index (χ1v) is 12.8. The van der Waals surface area contributed by atoms with Crippen LogP contribution in [0.15, 0.2) is 72.3 Å². The zero-order valence-corrected chi connectivity index (χ0v) is 22.5. The Kier molecular flexibility index (Phi) is 8.44. The van der Waals surface area contributed by atoms with E-state index in [1.165, 1.54) is 6.08 Å². The number of barbiturate groups is 1. The van der Waals surface area contributed by atoms with Crippen LogP contribution < -0.4 is 24.4 Å². The number of ether oxygens (including phenoxy) is 3. The molecule has 0 aromatic heterocycles. The van der Waals surface area contributed by atoms with Gasteiger partial charge in [0, 0.05) is 0 Å². The third kappa shape index (κ3) is 6.11. The first-order valence-electron chi connectivity index (χ1n) is 11.7. The van der Waals surface area contributed by atoms with Crippen LogP contribution in [-0.4, -0.2) is 31.1 Å². The summed E-state index contributed by atoms with van der Waals surface area (Å²) in [6, 6.07) is 18.9. The molecule has 0 unspecified atom stereocenters. The number of nitrogens with zero attached hydrogens (tertiary/aromatic N) is 1. The van der Waals surface area contributed by atoms with Crippen LogP contribution in [-0.2, 0) is 16.2 Å². The first-order chi connectivity index (χ1) is 17.9. The van der Waals surface area contributed by atoms with Gasteiger partial charge < -0.3 is 14.2 Å². The number of anilines is 1. The van der Waals surface area contributed by atoms with Crippen LogP contribution >= 0.6 is 22.6 Å². The molecule has 8 nitrogen and oxygen atoms in total. The maximum atomic E-state index is 13.3. The van der Waals surface area contributed by atoms with Gasteiger partial charge in [-0.3, -0.25) is 14.9 Å². The number of halogens is 1. The second kappa shape index (κ2) is 11.9. The molecule has 3 aromatic carbocycles. The molecule has 4 rings (SSSR count). The van der Waals surface area contributed by atoms with E-state index >= 15 is 0 Å². The summed E-state index contributed by atoms with van der Waals surface area (Å²) in [7, 11) is 0. The van der Waals surface area contributed by atoms with E-state index in [2.05, 4.69) is 27.9 Å². The Morgan fingerprint density at radius 2 is 1.59 bits per heavy atom. The summed E-state index contributed by atoms with van der Waals surface area (Å²) in [5.74, 6) is 0.185. The molecule has 1 aliphatic rings. The van der Waals surface area contributed by atoms with Crippen LogP contribution in [0.25, 0.3) is 6.08 Å². The summed E-state index contributed by atoms with van der Waals surface area (Å²) in [6.45, 7) is 5.00. The molecule has 1 heterocycles. The van der Waals surface area contributed by atoms with Gasteiger partial charge >= 0.3 is 6.03 Å². The van der Waals surface area contributed by atoms with Crippen LogP contribution in [0.2, 0.25) is 0 Å².